The van der Waals surface area contributed by atoms with Crippen LogP contribution >= 0.6 is 0 Å². The van der Waals surface area contributed by atoms with Gasteiger partial charge in [0, 0.05) is 24.2 Å². The van der Waals surface area contributed by atoms with E-state index in [2.05, 4.69) is 20.3 Å². The third-order valence-electron chi connectivity index (χ3n) is 5.60. The van der Waals surface area contributed by atoms with Gasteiger partial charge in [-0.2, -0.15) is 0 Å². The highest BCUT2D eigenvalue weighted by molar-refractivity contribution is 5.99. The molecule has 0 spiro atoms. The summed E-state index contributed by atoms with van der Waals surface area (Å²) in [6.45, 7) is 2.04. The number of nitrogens with zero attached hydrogens (tertiary/aromatic N) is 3. The first-order valence-electron chi connectivity index (χ1n) is 10.1. The van der Waals surface area contributed by atoms with E-state index in [1.54, 1.807) is 31.5 Å². The number of nitrogens with two attached hydrogens (primary N) is 1. The zero-order valence-corrected chi connectivity index (χ0v) is 17.2. The Bertz CT molecular complexity index is 1080. The number of anilines is 2. The number of carbonyl (C=O) groups is 2. The molecule has 3 aromatic rings. The number of nitrogen functional groups attached to an aromatic ring is 1. The van der Waals surface area contributed by atoms with Crippen molar-refractivity contribution in [3.8, 4) is 11.1 Å². The lowest BCUT2D eigenvalue weighted by Gasteiger charge is -2.40. The number of hydrogen-bond acceptors (Lipinski definition) is 7. The van der Waals surface area contributed by atoms with Crippen molar-refractivity contribution in [2.45, 2.75) is 31.6 Å². The molecule has 158 valence electrons. The highest BCUT2D eigenvalue weighted by Gasteiger charge is 2.45. The number of nitrogens with one attached hydrogen (secondary N) is 1. The smallest absolute Gasteiger partial charge is 0.339 e. The van der Waals surface area contributed by atoms with Crippen LogP contribution in [0.15, 0.2) is 55.0 Å². The maximum absolute atomic E-state index is 13.2. The van der Waals surface area contributed by atoms with Crippen LogP contribution < -0.4 is 11.1 Å². The van der Waals surface area contributed by atoms with E-state index in [1.807, 2.05) is 24.3 Å². The lowest BCUT2D eigenvalue weighted by molar-refractivity contribution is -0.124. The standard InChI is InChI=1S/C23H23N5O3/c1-2-31-20(29)16-6-9-19(25-12-16)28-21(30)23(10-3-11-23)18-7-4-15(5-8-18)17-13-26-22(24)27-14-17/h4-9,12-14H,2-3,10-11H2,1H3,(H2,24,26,27)(H,25,28,30). The summed E-state index contributed by atoms with van der Waals surface area (Å²) in [6, 6.07) is 11.1. The molecule has 1 aliphatic carbocycles. The molecule has 8 heteroatoms. The van der Waals surface area contributed by atoms with Crippen LogP contribution in [-0.4, -0.2) is 33.4 Å². The van der Waals surface area contributed by atoms with Crippen LogP contribution in [0.4, 0.5) is 11.8 Å². The van der Waals surface area contributed by atoms with Gasteiger partial charge in [0.25, 0.3) is 0 Å². The Morgan fingerprint density at radius 3 is 2.26 bits per heavy atom. The maximum atomic E-state index is 13.2. The number of amides is 1. The van der Waals surface area contributed by atoms with Crippen molar-refractivity contribution >= 4 is 23.6 Å². The molecule has 0 radical (unpaired) electrons. The van der Waals surface area contributed by atoms with Crippen LogP contribution in [0, 0.1) is 0 Å². The predicted molar refractivity (Wildman–Crippen MR) is 116 cm³/mol. The number of benzene rings is 1. The molecule has 1 fully saturated rings. The van der Waals surface area contributed by atoms with Crippen LogP contribution in [0.25, 0.3) is 11.1 Å². The van der Waals surface area contributed by atoms with Gasteiger partial charge >= 0.3 is 5.97 Å². The van der Waals surface area contributed by atoms with Crippen molar-refractivity contribution in [3.63, 3.8) is 0 Å². The summed E-state index contributed by atoms with van der Waals surface area (Å²) in [7, 11) is 0. The number of esters is 1. The largest absolute Gasteiger partial charge is 0.462 e. The summed E-state index contributed by atoms with van der Waals surface area (Å²) >= 11 is 0. The summed E-state index contributed by atoms with van der Waals surface area (Å²) < 4.78 is 4.95. The van der Waals surface area contributed by atoms with Crippen LogP contribution in [-0.2, 0) is 14.9 Å². The van der Waals surface area contributed by atoms with Gasteiger partial charge in [0.15, 0.2) is 0 Å². The molecule has 2 aromatic heterocycles. The number of carbonyl (C=O) groups excluding carboxylic acids is 2. The second kappa shape index (κ2) is 8.51. The number of hydrogen-bond donors (Lipinski definition) is 2. The number of pyridine rings is 1. The molecular weight excluding hydrogens is 394 g/mol. The summed E-state index contributed by atoms with van der Waals surface area (Å²) in [5, 5.41) is 2.90. The molecule has 0 aliphatic heterocycles. The van der Waals surface area contributed by atoms with E-state index in [-0.39, 0.29) is 11.9 Å². The summed E-state index contributed by atoms with van der Waals surface area (Å²) in [5.41, 5.74) is 8.08. The first-order chi connectivity index (χ1) is 15.0. The van der Waals surface area contributed by atoms with Crippen molar-refractivity contribution in [3.05, 3.63) is 66.1 Å². The maximum Gasteiger partial charge on any atom is 0.339 e. The summed E-state index contributed by atoms with van der Waals surface area (Å²) in [5.74, 6) is 0.1000. The molecule has 2 heterocycles. The fourth-order valence-corrected chi connectivity index (χ4v) is 3.68. The van der Waals surface area contributed by atoms with Gasteiger partial charge in [-0.1, -0.05) is 30.7 Å². The highest BCUT2D eigenvalue weighted by atomic mass is 16.5. The lowest BCUT2D eigenvalue weighted by atomic mass is 9.63. The molecule has 31 heavy (non-hydrogen) atoms. The Kier molecular flexibility index (Phi) is 5.62. The van der Waals surface area contributed by atoms with E-state index in [0.29, 0.717) is 18.0 Å². The van der Waals surface area contributed by atoms with E-state index in [9.17, 15) is 9.59 Å². The molecule has 1 aromatic carbocycles. The molecule has 1 amide bonds. The van der Waals surface area contributed by atoms with Crippen molar-refractivity contribution in [1.29, 1.82) is 0 Å². The predicted octanol–water partition coefficient (Wildman–Crippen LogP) is 3.36. The second-order valence-electron chi connectivity index (χ2n) is 7.45. The minimum Gasteiger partial charge on any atom is -0.462 e. The van der Waals surface area contributed by atoms with Gasteiger partial charge < -0.3 is 15.8 Å². The third-order valence-corrected chi connectivity index (χ3v) is 5.60. The first kappa shape index (κ1) is 20.5. The molecular formula is C23H23N5O3. The minimum absolute atomic E-state index is 0.0984. The molecule has 3 N–H and O–H groups in total. The van der Waals surface area contributed by atoms with E-state index in [0.717, 1.165) is 36.0 Å². The van der Waals surface area contributed by atoms with Gasteiger partial charge in [-0.05, 0) is 43.0 Å². The normalized spacial score (nSPS) is 14.4. The zero-order valence-electron chi connectivity index (χ0n) is 17.2. The summed E-state index contributed by atoms with van der Waals surface area (Å²) in [4.78, 5) is 37.2. The average Bonchev–Trinajstić information content (AvgIpc) is 2.75. The topological polar surface area (TPSA) is 120 Å². The number of ether oxygens (including phenoxy) is 1. The molecule has 1 aliphatic rings. The van der Waals surface area contributed by atoms with Crippen LogP contribution in [0.5, 0.6) is 0 Å². The summed E-state index contributed by atoms with van der Waals surface area (Å²) in [6.07, 6.45) is 7.28. The highest BCUT2D eigenvalue weighted by Crippen LogP contribution is 2.45. The van der Waals surface area contributed by atoms with Crippen LogP contribution in [0.3, 0.4) is 0 Å². The minimum atomic E-state index is -0.586. The Balaban J connectivity index is 1.50. The van der Waals surface area contributed by atoms with Gasteiger partial charge in [0.1, 0.15) is 5.82 Å². The van der Waals surface area contributed by atoms with Crippen molar-refractivity contribution in [1.82, 2.24) is 15.0 Å². The molecule has 8 nitrogen and oxygen atoms in total. The Morgan fingerprint density at radius 1 is 1.00 bits per heavy atom. The van der Waals surface area contributed by atoms with Gasteiger partial charge in [-0.15, -0.1) is 0 Å². The van der Waals surface area contributed by atoms with Crippen molar-refractivity contribution in [2.75, 3.05) is 17.7 Å². The first-order valence-corrected chi connectivity index (χ1v) is 10.1. The van der Waals surface area contributed by atoms with Crippen molar-refractivity contribution in [2.24, 2.45) is 0 Å². The molecule has 4 rings (SSSR count). The zero-order chi connectivity index (χ0) is 21.8. The van der Waals surface area contributed by atoms with Crippen LogP contribution in [0.1, 0.15) is 42.1 Å². The molecule has 0 unspecified atom stereocenters. The van der Waals surface area contributed by atoms with Crippen molar-refractivity contribution < 1.29 is 14.3 Å². The monoisotopic (exact) mass is 417 g/mol. The third kappa shape index (κ3) is 4.09. The SMILES string of the molecule is CCOC(=O)c1ccc(NC(=O)C2(c3ccc(-c4cnc(N)nc4)cc3)CCC2)nc1. The molecule has 0 bridgehead atoms. The Morgan fingerprint density at radius 2 is 1.71 bits per heavy atom. The van der Waals surface area contributed by atoms with E-state index in [1.165, 1.54) is 6.20 Å². The molecule has 0 atom stereocenters. The fourth-order valence-electron chi connectivity index (χ4n) is 3.68. The lowest BCUT2D eigenvalue weighted by Crippen LogP contribution is -2.46. The number of aromatic nitrogens is 3. The molecule has 1 saturated carbocycles. The molecule has 0 saturated heterocycles. The van der Waals surface area contributed by atoms with Gasteiger partial charge in [-0.3, -0.25) is 4.79 Å². The average molecular weight is 417 g/mol. The quantitative estimate of drug-likeness (QED) is 0.590. The van der Waals surface area contributed by atoms with Crippen LogP contribution in [0.2, 0.25) is 0 Å². The van der Waals surface area contributed by atoms with E-state index < -0.39 is 11.4 Å². The van der Waals surface area contributed by atoms with Gasteiger partial charge in [-0.25, -0.2) is 19.7 Å². The Hall–Kier alpha value is -3.81. The number of rotatable bonds is 6. The van der Waals surface area contributed by atoms with E-state index >= 15 is 0 Å². The van der Waals surface area contributed by atoms with Gasteiger partial charge in [0.2, 0.25) is 11.9 Å². The second-order valence-corrected chi connectivity index (χ2v) is 7.45. The Labute approximate surface area is 179 Å². The fraction of sp³-hybridized carbons (Fsp3) is 0.261. The van der Waals surface area contributed by atoms with E-state index in [4.69, 9.17) is 10.5 Å². The van der Waals surface area contributed by atoms with Gasteiger partial charge in [0.05, 0.1) is 17.6 Å².